The zero-order valence-electron chi connectivity index (χ0n) is 8.38. The number of rotatable bonds is 3. The van der Waals surface area contributed by atoms with Gasteiger partial charge in [0.05, 0.1) is 7.11 Å². The molecule has 0 unspecified atom stereocenters. The Labute approximate surface area is 99.2 Å². The summed E-state index contributed by atoms with van der Waals surface area (Å²) in [5.74, 6) is 0.325. The molecule has 0 saturated carbocycles. The maximum absolute atomic E-state index is 12.2. The molecule has 0 saturated heterocycles. The number of methoxy groups -OCH3 is 1. The second-order valence-corrected chi connectivity index (χ2v) is 4.13. The summed E-state index contributed by atoms with van der Waals surface area (Å²) in [5.41, 5.74) is 0.307. The van der Waals surface area contributed by atoms with Crippen molar-refractivity contribution < 1.29 is 23.0 Å². The van der Waals surface area contributed by atoms with Crippen molar-refractivity contribution in [1.82, 2.24) is 0 Å². The summed E-state index contributed by atoms with van der Waals surface area (Å²) in [5, 5.41) is 8.95. The van der Waals surface area contributed by atoms with Crippen LogP contribution in [0.2, 0.25) is 0 Å². The Hall–Kier alpha value is -0.750. The van der Waals surface area contributed by atoms with Gasteiger partial charge in [-0.2, -0.15) is 13.2 Å². The van der Waals surface area contributed by atoms with Gasteiger partial charge < -0.3 is 9.84 Å². The summed E-state index contributed by atoms with van der Waals surface area (Å²) in [7, 11) is 1.37. The summed E-state index contributed by atoms with van der Waals surface area (Å²) in [4.78, 5) is 0. The fourth-order valence-electron chi connectivity index (χ4n) is 1.23. The highest BCUT2D eigenvalue weighted by Crippen LogP contribution is 2.28. The van der Waals surface area contributed by atoms with Crippen molar-refractivity contribution >= 4 is 15.9 Å². The Bertz CT molecular complexity index is 366. The van der Waals surface area contributed by atoms with Crippen LogP contribution in [0.1, 0.15) is 5.56 Å². The highest BCUT2D eigenvalue weighted by Gasteiger charge is 2.38. The third-order valence-electron chi connectivity index (χ3n) is 2.03. The standard InChI is InChI=1S/C10H10BrF3O2/c1-16-8-3-2-7(11)4-6(8)5-9(15)10(12,13)14/h2-4,9,15H,5H2,1H3/t9-/m0/s1. The molecule has 6 heteroatoms. The molecule has 0 spiro atoms. The summed E-state index contributed by atoms with van der Waals surface area (Å²) in [6.07, 6.45) is -7.52. The van der Waals surface area contributed by atoms with Gasteiger partial charge in [0.15, 0.2) is 6.10 Å². The van der Waals surface area contributed by atoms with Gasteiger partial charge in [0, 0.05) is 10.9 Å². The van der Waals surface area contributed by atoms with Gasteiger partial charge in [0.2, 0.25) is 0 Å². The SMILES string of the molecule is COc1ccc(Br)cc1C[C@H](O)C(F)(F)F. The van der Waals surface area contributed by atoms with Gasteiger partial charge in [-0.25, -0.2) is 0 Å². The molecule has 0 heterocycles. The van der Waals surface area contributed by atoms with E-state index in [0.717, 1.165) is 0 Å². The topological polar surface area (TPSA) is 29.5 Å². The zero-order chi connectivity index (χ0) is 12.3. The van der Waals surface area contributed by atoms with E-state index in [1.54, 1.807) is 12.1 Å². The van der Waals surface area contributed by atoms with Crippen molar-refractivity contribution in [2.75, 3.05) is 7.11 Å². The number of aliphatic hydroxyl groups is 1. The Morgan fingerprint density at radius 2 is 2.06 bits per heavy atom. The number of hydrogen-bond donors (Lipinski definition) is 1. The van der Waals surface area contributed by atoms with Gasteiger partial charge in [0.25, 0.3) is 0 Å². The van der Waals surface area contributed by atoms with Crippen molar-refractivity contribution in [3.05, 3.63) is 28.2 Å². The number of alkyl halides is 3. The molecule has 0 aliphatic heterocycles. The average Bonchev–Trinajstić information content (AvgIpc) is 2.16. The fraction of sp³-hybridized carbons (Fsp3) is 0.400. The van der Waals surface area contributed by atoms with Crippen molar-refractivity contribution in [3.8, 4) is 5.75 Å². The predicted octanol–water partition coefficient (Wildman–Crippen LogP) is 2.92. The highest BCUT2D eigenvalue weighted by atomic mass is 79.9. The molecule has 1 rings (SSSR count). The predicted molar refractivity (Wildman–Crippen MR) is 56.5 cm³/mol. The molecule has 1 atom stereocenters. The molecule has 16 heavy (non-hydrogen) atoms. The Balaban J connectivity index is 2.91. The third-order valence-corrected chi connectivity index (χ3v) is 2.53. The molecule has 0 aliphatic rings. The highest BCUT2D eigenvalue weighted by molar-refractivity contribution is 9.10. The minimum absolute atomic E-state index is 0.307. The summed E-state index contributed by atoms with van der Waals surface area (Å²) >= 11 is 3.15. The Kier molecular flexibility index (Phi) is 4.21. The summed E-state index contributed by atoms with van der Waals surface area (Å²) < 4.78 is 42.1. The van der Waals surface area contributed by atoms with Crippen LogP contribution in [0.5, 0.6) is 5.75 Å². The molecular formula is C10H10BrF3O2. The van der Waals surface area contributed by atoms with Crippen LogP contribution in [0.15, 0.2) is 22.7 Å². The van der Waals surface area contributed by atoms with Crippen LogP contribution in [-0.4, -0.2) is 24.5 Å². The van der Waals surface area contributed by atoms with Gasteiger partial charge in [-0.1, -0.05) is 15.9 Å². The van der Waals surface area contributed by atoms with Gasteiger partial charge >= 0.3 is 6.18 Å². The van der Waals surface area contributed by atoms with Crippen LogP contribution in [-0.2, 0) is 6.42 Å². The van der Waals surface area contributed by atoms with E-state index in [1.807, 2.05) is 0 Å². The molecule has 90 valence electrons. The summed E-state index contributed by atoms with van der Waals surface area (Å²) in [6.45, 7) is 0. The number of aliphatic hydroxyl groups excluding tert-OH is 1. The van der Waals surface area contributed by atoms with E-state index >= 15 is 0 Å². The molecule has 2 nitrogen and oxygen atoms in total. The van der Waals surface area contributed by atoms with Crippen molar-refractivity contribution in [2.45, 2.75) is 18.7 Å². The number of ether oxygens (including phenoxy) is 1. The molecule has 0 amide bonds. The fourth-order valence-corrected chi connectivity index (χ4v) is 1.64. The van der Waals surface area contributed by atoms with Gasteiger partial charge in [0.1, 0.15) is 5.75 Å². The minimum Gasteiger partial charge on any atom is -0.496 e. The first-order valence-electron chi connectivity index (χ1n) is 4.42. The first-order chi connectivity index (χ1) is 7.34. The van der Waals surface area contributed by atoms with Crippen LogP contribution < -0.4 is 4.74 Å². The number of halogens is 4. The van der Waals surface area contributed by atoms with Crippen molar-refractivity contribution in [1.29, 1.82) is 0 Å². The number of benzene rings is 1. The lowest BCUT2D eigenvalue weighted by Gasteiger charge is -2.16. The van der Waals surface area contributed by atoms with E-state index in [9.17, 15) is 13.2 Å². The molecular weight excluding hydrogens is 289 g/mol. The number of hydrogen-bond acceptors (Lipinski definition) is 2. The second-order valence-electron chi connectivity index (χ2n) is 3.22. The van der Waals surface area contributed by atoms with Crippen LogP contribution in [0.25, 0.3) is 0 Å². The molecule has 1 aromatic carbocycles. The van der Waals surface area contributed by atoms with Crippen LogP contribution in [0.4, 0.5) is 13.2 Å². The zero-order valence-corrected chi connectivity index (χ0v) is 9.97. The van der Waals surface area contributed by atoms with Crippen molar-refractivity contribution in [2.24, 2.45) is 0 Å². The largest absolute Gasteiger partial charge is 0.496 e. The van der Waals surface area contributed by atoms with E-state index in [4.69, 9.17) is 9.84 Å². The van der Waals surface area contributed by atoms with E-state index < -0.39 is 18.7 Å². The second kappa shape index (κ2) is 5.05. The monoisotopic (exact) mass is 298 g/mol. The van der Waals surface area contributed by atoms with Crippen LogP contribution in [0, 0.1) is 0 Å². The first kappa shape index (κ1) is 13.3. The minimum atomic E-state index is -4.62. The molecule has 1 N–H and O–H groups in total. The lowest BCUT2D eigenvalue weighted by molar-refractivity contribution is -0.203. The van der Waals surface area contributed by atoms with Crippen molar-refractivity contribution in [3.63, 3.8) is 0 Å². The average molecular weight is 299 g/mol. The molecule has 0 aromatic heterocycles. The smallest absolute Gasteiger partial charge is 0.414 e. The lowest BCUT2D eigenvalue weighted by atomic mass is 10.1. The molecule has 0 radical (unpaired) electrons. The molecule has 0 aliphatic carbocycles. The van der Waals surface area contributed by atoms with Crippen LogP contribution >= 0.6 is 15.9 Å². The lowest BCUT2D eigenvalue weighted by Crippen LogP contribution is -2.30. The van der Waals surface area contributed by atoms with E-state index in [1.165, 1.54) is 13.2 Å². The third kappa shape index (κ3) is 3.38. The summed E-state index contributed by atoms with van der Waals surface area (Å²) in [6, 6.07) is 4.69. The maximum Gasteiger partial charge on any atom is 0.414 e. The Morgan fingerprint density at radius 1 is 1.44 bits per heavy atom. The van der Waals surface area contributed by atoms with Gasteiger partial charge in [-0.15, -0.1) is 0 Å². The first-order valence-corrected chi connectivity index (χ1v) is 5.21. The maximum atomic E-state index is 12.2. The quantitative estimate of drug-likeness (QED) is 0.930. The van der Waals surface area contributed by atoms with E-state index in [2.05, 4.69) is 15.9 Å². The van der Waals surface area contributed by atoms with Crippen LogP contribution in [0.3, 0.4) is 0 Å². The van der Waals surface area contributed by atoms with Gasteiger partial charge in [-0.3, -0.25) is 0 Å². The normalized spacial score (nSPS) is 13.6. The Morgan fingerprint density at radius 3 is 2.56 bits per heavy atom. The van der Waals surface area contributed by atoms with Gasteiger partial charge in [-0.05, 0) is 23.8 Å². The molecule has 1 aromatic rings. The molecule has 0 fully saturated rings. The van der Waals surface area contributed by atoms with E-state index in [0.29, 0.717) is 15.8 Å². The molecule has 0 bridgehead atoms. The van der Waals surface area contributed by atoms with E-state index in [-0.39, 0.29) is 0 Å².